The summed E-state index contributed by atoms with van der Waals surface area (Å²) in [6.07, 6.45) is -22.2. The Morgan fingerprint density at radius 1 is 0.618 bits per heavy atom. The molecule has 0 unspecified atom stereocenters. The standard InChI is InChI=1S/C18H32O16/c19-1-5-8(23)10(25)11(26)17(31-5)32-13-7(3-21)30-16(29)14(12(13)27)34-18(4-22)15(28)9(24)6(2-20)33-18/h5-17,19-29H,1-4H2/t5-,6-,7-,8+,9-,10+,11-,12+,13-,14-,15+,16+,17+,18+/m1/s1. The minimum absolute atomic E-state index is 0.759. The third kappa shape index (κ3) is 4.96. The molecule has 0 spiro atoms. The van der Waals surface area contributed by atoms with E-state index in [9.17, 15) is 56.2 Å². The fraction of sp³-hybridized carbons (Fsp3) is 1.00. The molecule has 16 heteroatoms. The molecule has 200 valence electrons. The first-order chi connectivity index (χ1) is 16.0. The molecule has 0 saturated carbocycles. The van der Waals surface area contributed by atoms with Crippen LogP contribution in [0.15, 0.2) is 0 Å². The number of aliphatic hydroxyl groups excluding tert-OH is 11. The van der Waals surface area contributed by atoms with Crippen molar-refractivity contribution in [2.24, 2.45) is 0 Å². The fourth-order valence-electron chi connectivity index (χ4n) is 4.19. The molecular formula is C18H32O16. The van der Waals surface area contributed by atoms with E-state index in [0.717, 1.165) is 0 Å². The monoisotopic (exact) mass is 504 g/mol. The van der Waals surface area contributed by atoms with Crippen LogP contribution in [0.4, 0.5) is 0 Å². The van der Waals surface area contributed by atoms with Crippen LogP contribution in [0.1, 0.15) is 0 Å². The normalized spacial score (nSPS) is 52.1. The van der Waals surface area contributed by atoms with E-state index in [0.29, 0.717) is 0 Å². The zero-order valence-electron chi connectivity index (χ0n) is 17.8. The van der Waals surface area contributed by atoms with Crippen LogP contribution in [-0.4, -0.2) is 168 Å². The number of aliphatic hydroxyl groups is 11. The first kappa shape index (κ1) is 27.9. The molecule has 0 aromatic rings. The molecule has 16 nitrogen and oxygen atoms in total. The smallest absolute Gasteiger partial charge is 0.222 e. The largest absolute Gasteiger partial charge is 0.394 e. The molecule has 34 heavy (non-hydrogen) atoms. The third-order valence-electron chi connectivity index (χ3n) is 6.20. The Morgan fingerprint density at radius 3 is 1.76 bits per heavy atom. The second-order valence-electron chi connectivity index (χ2n) is 8.36. The molecule has 3 fully saturated rings. The lowest BCUT2D eigenvalue weighted by Gasteiger charge is -2.47. The van der Waals surface area contributed by atoms with Crippen molar-refractivity contribution in [3.8, 4) is 0 Å². The van der Waals surface area contributed by atoms with Crippen molar-refractivity contribution in [3.63, 3.8) is 0 Å². The minimum Gasteiger partial charge on any atom is -0.394 e. The van der Waals surface area contributed by atoms with E-state index in [2.05, 4.69) is 0 Å². The van der Waals surface area contributed by atoms with Gasteiger partial charge in [-0.3, -0.25) is 0 Å². The Hall–Kier alpha value is -0.640. The number of hydrogen-bond donors (Lipinski definition) is 11. The summed E-state index contributed by atoms with van der Waals surface area (Å²) in [5.41, 5.74) is 0. The van der Waals surface area contributed by atoms with E-state index < -0.39 is 112 Å². The van der Waals surface area contributed by atoms with E-state index in [1.54, 1.807) is 0 Å². The van der Waals surface area contributed by atoms with Gasteiger partial charge in [0.25, 0.3) is 0 Å². The molecule has 3 aliphatic heterocycles. The van der Waals surface area contributed by atoms with E-state index in [1.165, 1.54) is 0 Å². The predicted octanol–water partition coefficient (Wildman–Crippen LogP) is -7.57. The van der Waals surface area contributed by atoms with Crippen LogP contribution in [0.3, 0.4) is 0 Å². The van der Waals surface area contributed by atoms with Gasteiger partial charge < -0.3 is 79.9 Å². The maximum Gasteiger partial charge on any atom is 0.222 e. The number of hydrogen-bond acceptors (Lipinski definition) is 16. The molecule has 0 bridgehead atoms. The maximum absolute atomic E-state index is 10.9. The van der Waals surface area contributed by atoms with Crippen molar-refractivity contribution in [3.05, 3.63) is 0 Å². The second-order valence-corrected chi connectivity index (χ2v) is 8.36. The minimum atomic E-state index is -2.40. The van der Waals surface area contributed by atoms with E-state index in [-0.39, 0.29) is 0 Å². The van der Waals surface area contributed by atoms with Crippen LogP contribution < -0.4 is 0 Å². The lowest BCUT2D eigenvalue weighted by Crippen LogP contribution is -2.66. The van der Waals surface area contributed by atoms with Crippen LogP contribution in [-0.2, 0) is 23.7 Å². The summed E-state index contributed by atoms with van der Waals surface area (Å²) >= 11 is 0. The first-order valence-electron chi connectivity index (χ1n) is 10.6. The van der Waals surface area contributed by atoms with E-state index >= 15 is 0 Å². The Bertz CT molecular complexity index is 653. The second kappa shape index (κ2) is 11.2. The van der Waals surface area contributed by atoms with Gasteiger partial charge in [-0.2, -0.15) is 0 Å². The summed E-state index contributed by atoms with van der Waals surface area (Å²) < 4.78 is 26.6. The van der Waals surface area contributed by atoms with Gasteiger partial charge in [0.2, 0.25) is 5.79 Å². The van der Waals surface area contributed by atoms with Gasteiger partial charge in [-0.1, -0.05) is 0 Å². The highest BCUT2D eigenvalue weighted by Crippen LogP contribution is 2.37. The molecule has 0 amide bonds. The zero-order chi connectivity index (χ0) is 25.4. The SMILES string of the molecule is OC[C@H]1O[C@@H](O[C@H]2[C@H](O)[C@@H](O[C@]3(CO)O[C@H](CO)[C@@H](O)[C@@H]3O)[C@@H](O)O[C@@H]2CO)[C@H](O)[C@@H](O)[C@H]1O. The average Bonchev–Trinajstić information content (AvgIpc) is 3.08. The molecule has 0 radical (unpaired) electrons. The van der Waals surface area contributed by atoms with Crippen LogP contribution in [0.5, 0.6) is 0 Å². The summed E-state index contributed by atoms with van der Waals surface area (Å²) in [5.74, 6) is -2.40. The summed E-state index contributed by atoms with van der Waals surface area (Å²) in [6.45, 7) is -3.42. The van der Waals surface area contributed by atoms with E-state index in [4.69, 9.17) is 23.7 Å². The highest BCUT2D eigenvalue weighted by atomic mass is 16.8. The van der Waals surface area contributed by atoms with Crippen LogP contribution in [0.2, 0.25) is 0 Å². The summed E-state index contributed by atoms with van der Waals surface area (Å²) in [6, 6.07) is 0. The van der Waals surface area contributed by atoms with Gasteiger partial charge in [0.05, 0.1) is 19.8 Å². The van der Waals surface area contributed by atoms with E-state index in [1.807, 2.05) is 0 Å². The number of rotatable bonds is 8. The van der Waals surface area contributed by atoms with Crippen LogP contribution in [0, 0.1) is 0 Å². The van der Waals surface area contributed by atoms with Crippen molar-refractivity contribution in [1.29, 1.82) is 0 Å². The summed E-state index contributed by atoms with van der Waals surface area (Å²) in [4.78, 5) is 0. The molecule has 11 N–H and O–H groups in total. The molecule has 3 saturated heterocycles. The summed E-state index contributed by atoms with van der Waals surface area (Å²) in [5, 5.41) is 110. The van der Waals surface area contributed by atoms with Crippen molar-refractivity contribution < 1.29 is 79.9 Å². The van der Waals surface area contributed by atoms with Gasteiger partial charge >= 0.3 is 0 Å². The van der Waals surface area contributed by atoms with Crippen molar-refractivity contribution in [2.45, 2.75) is 85.5 Å². The third-order valence-corrected chi connectivity index (χ3v) is 6.20. The molecule has 0 aromatic carbocycles. The Balaban J connectivity index is 1.81. The Labute approximate surface area is 192 Å². The number of ether oxygens (including phenoxy) is 5. The van der Waals surface area contributed by atoms with Crippen molar-refractivity contribution in [1.82, 2.24) is 0 Å². The molecule has 14 atom stereocenters. The molecule has 3 heterocycles. The van der Waals surface area contributed by atoms with Gasteiger partial charge in [-0.05, 0) is 0 Å². The molecular weight excluding hydrogens is 472 g/mol. The quantitative estimate of drug-likeness (QED) is 0.146. The van der Waals surface area contributed by atoms with Crippen LogP contribution in [0.25, 0.3) is 0 Å². The molecule has 0 aliphatic carbocycles. The van der Waals surface area contributed by atoms with Gasteiger partial charge in [0.15, 0.2) is 12.6 Å². The van der Waals surface area contributed by atoms with Crippen molar-refractivity contribution >= 4 is 0 Å². The highest BCUT2D eigenvalue weighted by molar-refractivity contribution is 5.00. The van der Waals surface area contributed by atoms with Gasteiger partial charge in [-0.15, -0.1) is 0 Å². The van der Waals surface area contributed by atoms with Gasteiger partial charge in [0.1, 0.15) is 73.8 Å². The highest BCUT2D eigenvalue weighted by Gasteiger charge is 2.59. The lowest BCUT2D eigenvalue weighted by atomic mass is 9.96. The van der Waals surface area contributed by atoms with Gasteiger partial charge in [-0.25, -0.2) is 0 Å². The maximum atomic E-state index is 10.9. The van der Waals surface area contributed by atoms with Gasteiger partial charge in [0, 0.05) is 0 Å². The fourth-order valence-corrected chi connectivity index (χ4v) is 4.19. The van der Waals surface area contributed by atoms with Crippen LogP contribution >= 0.6 is 0 Å². The summed E-state index contributed by atoms with van der Waals surface area (Å²) in [7, 11) is 0. The first-order valence-corrected chi connectivity index (χ1v) is 10.6. The Kier molecular flexibility index (Phi) is 9.18. The molecule has 3 aliphatic rings. The molecule has 3 rings (SSSR count). The lowest BCUT2D eigenvalue weighted by molar-refractivity contribution is -0.387. The molecule has 0 aromatic heterocycles. The van der Waals surface area contributed by atoms with Crippen molar-refractivity contribution in [2.75, 3.05) is 26.4 Å². The predicted molar refractivity (Wildman–Crippen MR) is 101 cm³/mol. The topological polar surface area (TPSA) is 269 Å². The Morgan fingerprint density at radius 2 is 1.24 bits per heavy atom. The zero-order valence-corrected chi connectivity index (χ0v) is 17.8. The average molecular weight is 504 g/mol.